The highest BCUT2D eigenvalue weighted by Crippen LogP contribution is 2.45. The third-order valence-electron chi connectivity index (χ3n) is 4.48. The standard InChI is InChI=1S/C22H36Cl2NO8P.H2O/c1-5-6-7-10-30-20-15-21(19(24)14-18(20)23)31-11-8-9-12-32-34(28,29)33-17(13-22(26)27)16-25(2,3)4;/h14-15,17H,5-13,16H2,1-4H3,(H-,26,27,28,29);1H2/t17-;/m1./s1. The zero-order valence-electron chi connectivity index (χ0n) is 20.7. The van der Waals surface area contributed by atoms with Crippen LogP contribution in [0.15, 0.2) is 12.1 Å². The van der Waals surface area contributed by atoms with Crippen LogP contribution in [-0.4, -0.2) is 79.5 Å². The molecule has 0 radical (unpaired) electrons. The Morgan fingerprint density at radius 2 is 1.51 bits per heavy atom. The lowest BCUT2D eigenvalue weighted by Crippen LogP contribution is -2.42. The zero-order valence-corrected chi connectivity index (χ0v) is 23.2. The molecule has 2 atom stereocenters. The first-order valence-electron chi connectivity index (χ1n) is 11.3. The number of unbranched alkanes of at least 4 members (excludes halogenated alkanes) is 3. The van der Waals surface area contributed by atoms with E-state index in [0.717, 1.165) is 19.3 Å². The van der Waals surface area contributed by atoms with Crippen molar-refractivity contribution in [2.24, 2.45) is 0 Å². The molecule has 1 rings (SSSR count). The number of aliphatic carboxylic acids is 1. The summed E-state index contributed by atoms with van der Waals surface area (Å²) in [6.45, 7) is 3.14. The predicted molar refractivity (Wildman–Crippen MR) is 134 cm³/mol. The molecule has 3 N–H and O–H groups in total. The second-order valence-corrected chi connectivity index (χ2v) is 11.1. The van der Waals surface area contributed by atoms with Gasteiger partial charge in [0, 0.05) is 6.07 Å². The average molecular weight is 562 g/mol. The normalized spacial score (nSPS) is 14.0. The van der Waals surface area contributed by atoms with E-state index in [4.69, 9.17) is 46.8 Å². The summed E-state index contributed by atoms with van der Waals surface area (Å²) in [6, 6.07) is 3.22. The van der Waals surface area contributed by atoms with Crippen LogP contribution in [0.4, 0.5) is 0 Å². The van der Waals surface area contributed by atoms with Gasteiger partial charge in [-0.2, -0.15) is 0 Å². The molecule has 0 fully saturated rings. The average Bonchev–Trinajstić information content (AvgIpc) is 2.68. The first-order valence-corrected chi connectivity index (χ1v) is 13.5. The zero-order chi connectivity index (χ0) is 25.8. The fourth-order valence-electron chi connectivity index (χ4n) is 2.99. The minimum Gasteiger partial charge on any atom is -0.870 e. The number of carbonyl (C=O) groups is 1. The summed E-state index contributed by atoms with van der Waals surface area (Å²) in [5, 5.41) is 9.79. The van der Waals surface area contributed by atoms with Crippen LogP contribution in [0.2, 0.25) is 10.0 Å². The molecule has 0 aliphatic carbocycles. The van der Waals surface area contributed by atoms with Crippen molar-refractivity contribution in [2.75, 3.05) is 47.5 Å². The lowest BCUT2D eigenvalue weighted by atomic mass is 10.2. The molecule has 0 saturated heterocycles. The number of hydrogen-bond acceptors (Lipinski definition) is 7. The number of benzene rings is 1. The minimum absolute atomic E-state index is 0. The molecule has 0 saturated carbocycles. The van der Waals surface area contributed by atoms with Gasteiger partial charge in [0.1, 0.15) is 24.1 Å². The summed E-state index contributed by atoms with van der Waals surface area (Å²) in [7, 11) is 1.09. The number of phosphoric acid groups is 1. The maximum Gasteiger partial charge on any atom is 0.472 e. The van der Waals surface area contributed by atoms with Gasteiger partial charge in [-0.3, -0.25) is 13.8 Å². The number of hydrogen-bond donors (Lipinski definition) is 2. The van der Waals surface area contributed by atoms with Crippen LogP contribution in [0.25, 0.3) is 0 Å². The number of carboxylic acid groups (broad SMARTS) is 1. The summed E-state index contributed by atoms with van der Waals surface area (Å²) in [5.41, 5.74) is 0. The molecule has 1 aromatic carbocycles. The number of nitrogens with zero attached hydrogens (tertiary/aromatic N) is 1. The Hall–Kier alpha value is -1.10. The van der Waals surface area contributed by atoms with Crippen molar-refractivity contribution in [2.45, 2.75) is 51.6 Å². The Bertz CT molecular complexity index is 821. The van der Waals surface area contributed by atoms with Gasteiger partial charge >= 0.3 is 13.8 Å². The highest BCUT2D eigenvalue weighted by molar-refractivity contribution is 7.47. The molecule has 35 heavy (non-hydrogen) atoms. The van der Waals surface area contributed by atoms with E-state index in [1.807, 2.05) is 21.1 Å². The first kappa shape index (κ1) is 33.9. The van der Waals surface area contributed by atoms with Crippen LogP contribution >= 0.6 is 31.0 Å². The molecule has 10 nitrogen and oxygen atoms in total. The Morgan fingerprint density at radius 3 is 2.00 bits per heavy atom. The highest BCUT2D eigenvalue weighted by atomic mass is 35.5. The molecule has 13 heteroatoms. The molecular weight excluding hydrogens is 524 g/mol. The van der Waals surface area contributed by atoms with Crippen LogP contribution in [0.1, 0.15) is 45.4 Å². The van der Waals surface area contributed by atoms with Crippen molar-refractivity contribution >= 4 is 37.0 Å². The van der Waals surface area contributed by atoms with Crippen molar-refractivity contribution < 1.29 is 47.8 Å². The number of likely N-dealkylation sites (N-methyl/N-ethyl adjacent to an activating group) is 1. The van der Waals surface area contributed by atoms with Gasteiger partial charge in [-0.1, -0.05) is 43.0 Å². The van der Waals surface area contributed by atoms with E-state index < -0.39 is 26.3 Å². The van der Waals surface area contributed by atoms with Gasteiger partial charge in [-0.25, -0.2) is 4.57 Å². The maximum atomic E-state index is 12.2. The summed E-state index contributed by atoms with van der Waals surface area (Å²) in [6.07, 6.45) is 2.66. The van der Waals surface area contributed by atoms with Crippen LogP contribution < -0.4 is 9.47 Å². The van der Waals surface area contributed by atoms with Crippen LogP contribution in [0.5, 0.6) is 11.5 Å². The molecule has 0 aromatic heterocycles. The Balaban J connectivity index is 0.0000116. The second kappa shape index (κ2) is 16.6. The van der Waals surface area contributed by atoms with E-state index in [1.54, 1.807) is 12.1 Å². The van der Waals surface area contributed by atoms with Crippen LogP contribution in [-0.2, 0) is 18.4 Å². The van der Waals surface area contributed by atoms with E-state index in [9.17, 15) is 14.3 Å². The van der Waals surface area contributed by atoms with Gasteiger partial charge in [-0.15, -0.1) is 0 Å². The summed E-state index contributed by atoms with van der Waals surface area (Å²) < 4.78 is 34.1. The molecule has 1 unspecified atom stereocenters. The number of carboxylic acids is 1. The number of rotatable bonds is 18. The van der Waals surface area contributed by atoms with Crippen molar-refractivity contribution in [1.29, 1.82) is 0 Å². The lowest BCUT2D eigenvalue weighted by molar-refractivity contribution is -0.873. The molecule has 1 aromatic rings. The van der Waals surface area contributed by atoms with Crippen molar-refractivity contribution in [3.8, 4) is 11.5 Å². The summed E-state index contributed by atoms with van der Waals surface area (Å²) in [4.78, 5) is 21.0. The fourth-order valence-corrected chi connectivity index (χ4v) is 4.42. The minimum atomic E-state index is -4.40. The molecule has 0 aliphatic rings. The third kappa shape index (κ3) is 15.6. The monoisotopic (exact) mass is 561 g/mol. The van der Waals surface area contributed by atoms with E-state index in [-0.39, 0.29) is 18.6 Å². The molecule has 0 amide bonds. The number of ether oxygens (including phenoxy) is 2. The third-order valence-corrected chi connectivity index (χ3v) is 6.14. The SMILES string of the molecule is CCCCCOc1cc(OCCCCOP(=O)(O)O[C@H](CC(=O)O)C[N+](C)(C)C)c(Cl)cc1Cl.[OH-]. The van der Waals surface area contributed by atoms with E-state index in [0.29, 0.717) is 52.1 Å². The molecule has 204 valence electrons. The number of phosphoric ester groups is 1. The lowest BCUT2D eigenvalue weighted by Gasteiger charge is -2.29. The Labute approximate surface area is 217 Å². The molecule has 0 heterocycles. The van der Waals surface area contributed by atoms with Crippen LogP contribution in [0, 0.1) is 0 Å². The fraction of sp³-hybridized carbons (Fsp3) is 0.682. The quantitative estimate of drug-likeness (QED) is 0.140. The molecule has 0 aliphatic heterocycles. The van der Waals surface area contributed by atoms with Crippen molar-refractivity contribution in [3.63, 3.8) is 0 Å². The highest BCUT2D eigenvalue weighted by Gasteiger charge is 2.31. The summed E-state index contributed by atoms with van der Waals surface area (Å²) >= 11 is 12.4. The maximum absolute atomic E-state index is 12.2. The Kier molecular flexibility index (Phi) is 16.1. The van der Waals surface area contributed by atoms with Gasteiger partial charge in [0.25, 0.3) is 0 Å². The molecular formula is C22H38Cl2NO9P. The van der Waals surface area contributed by atoms with E-state index >= 15 is 0 Å². The largest absolute Gasteiger partial charge is 0.870 e. The first-order chi connectivity index (χ1) is 15.8. The molecule has 0 bridgehead atoms. The topological polar surface area (TPSA) is 142 Å². The number of halogens is 2. The van der Waals surface area contributed by atoms with Gasteiger partial charge in [-0.05, 0) is 25.3 Å². The summed E-state index contributed by atoms with van der Waals surface area (Å²) in [5.74, 6) is -0.180. The van der Waals surface area contributed by atoms with Crippen molar-refractivity contribution in [3.05, 3.63) is 22.2 Å². The van der Waals surface area contributed by atoms with Gasteiger partial charge in [0.2, 0.25) is 0 Å². The van der Waals surface area contributed by atoms with E-state index in [2.05, 4.69) is 6.92 Å². The van der Waals surface area contributed by atoms with Crippen LogP contribution in [0.3, 0.4) is 0 Å². The van der Waals surface area contributed by atoms with E-state index in [1.165, 1.54) is 0 Å². The smallest absolute Gasteiger partial charge is 0.472 e. The van der Waals surface area contributed by atoms with Gasteiger partial charge < -0.3 is 29.4 Å². The predicted octanol–water partition coefficient (Wildman–Crippen LogP) is 5.23. The Morgan fingerprint density at radius 1 is 1.00 bits per heavy atom. The number of quaternary nitrogens is 1. The second-order valence-electron chi connectivity index (χ2n) is 8.92. The molecule has 0 spiro atoms. The van der Waals surface area contributed by atoms with Gasteiger partial charge in [0.15, 0.2) is 0 Å². The van der Waals surface area contributed by atoms with Gasteiger partial charge in [0.05, 0.1) is 57.4 Å². The van der Waals surface area contributed by atoms with Crippen molar-refractivity contribution in [1.82, 2.24) is 0 Å².